The van der Waals surface area contributed by atoms with E-state index in [0.717, 1.165) is 23.3 Å². The molecule has 3 nitrogen and oxygen atoms in total. The summed E-state index contributed by atoms with van der Waals surface area (Å²) in [6.07, 6.45) is 6.43. The van der Waals surface area contributed by atoms with E-state index >= 15 is 0 Å². The molecule has 2 aliphatic rings. The minimum absolute atomic E-state index is 0.515. The van der Waals surface area contributed by atoms with E-state index in [-0.39, 0.29) is 0 Å². The van der Waals surface area contributed by atoms with Gasteiger partial charge < -0.3 is 10.2 Å². The number of nitriles is 1. The zero-order chi connectivity index (χ0) is 13.2. The van der Waals surface area contributed by atoms with E-state index in [2.05, 4.69) is 23.3 Å². The first-order valence-corrected chi connectivity index (χ1v) is 7.25. The minimum Gasteiger partial charge on any atom is -0.381 e. The number of rotatable bonds is 2. The smallest absolute Gasteiger partial charge is 0.101 e. The van der Waals surface area contributed by atoms with Crippen molar-refractivity contribution in [3.63, 3.8) is 0 Å². The van der Waals surface area contributed by atoms with Gasteiger partial charge in [0.1, 0.15) is 6.07 Å². The van der Waals surface area contributed by atoms with Gasteiger partial charge in [0, 0.05) is 18.1 Å². The van der Waals surface area contributed by atoms with Gasteiger partial charge in [-0.1, -0.05) is 18.6 Å². The monoisotopic (exact) mass is 255 g/mol. The van der Waals surface area contributed by atoms with Gasteiger partial charge in [0.25, 0.3) is 0 Å². The van der Waals surface area contributed by atoms with Crippen molar-refractivity contribution in [2.24, 2.45) is 0 Å². The number of anilines is 1. The highest BCUT2D eigenvalue weighted by atomic mass is 15.2. The standard InChI is InChI=1S/C16H21N3/c1-19-14-6-4-7-15(19)10-13(9-14)18-16-8-3-2-5-12(16)11-17/h2-3,5,8,13-15,18H,4,6-7,9-10H2,1H3. The van der Waals surface area contributed by atoms with Crippen molar-refractivity contribution in [2.75, 3.05) is 12.4 Å². The van der Waals surface area contributed by atoms with Crippen molar-refractivity contribution in [2.45, 2.75) is 50.2 Å². The third kappa shape index (κ3) is 2.46. The van der Waals surface area contributed by atoms with Crippen molar-refractivity contribution in [1.29, 1.82) is 5.26 Å². The highest BCUT2D eigenvalue weighted by Crippen LogP contribution is 2.34. The fourth-order valence-corrected chi connectivity index (χ4v) is 3.66. The van der Waals surface area contributed by atoms with Gasteiger partial charge in [0.15, 0.2) is 0 Å². The zero-order valence-corrected chi connectivity index (χ0v) is 11.5. The van der Waals surface area contributed by atoms with Gasteiger partial charge in [-0.3, -0.25) is 0 Å². The molecule has 2 bridgehead atoms. The first-order valence-electron chi connectivity index (χ1n) is 7.25. The van der Waals surface area contributed by atoms with Crippen LogP contribution in [0.3, 0.4) is 0 Å². The van der Waals surface area contributed by atoms with Crippen LogP contribution < -0.4 is 5.32 Å². The maximum absolute atomic E-state index is 9.15. The molecular formula is C16H21N3. The van der Waals surface area contributed by atoms with Gasteiger partial charge in [-0.25, -0.2) is 0 Å². The third-order valence-corrected chi connectivity index (χ3v) is 4.75. The predicted octanol–water partition coefficient (Wildman–Crippen LogP) is 2.99. The summed E-state index contributed by atoms with van der Waals surface area (Å²) in [5, 5.41) is 12.8. The number of piperidine rings is 2. The van der Waals surface area contributed by atoms with Gasteiger partial charge in [-0.05, 0) is 44.9 Å². The molecule has 0 aromatic heterocycles. The number of para-hydroxylation sites is 1. The van der Waals surface area contributed by atoms with Crippen molar-refractivity contribution in [3.05, 3.63) is 29.8 Å². The highest BCUT2D eigenvalue weighted by Gasteiger charge is 2.35. The summed E-state index contributed by atoms with van der Waals surface area (Å²) in [5.41, 5.74) is 1.75. The van der Waals surface area contributed by atoms with Crippen LogP contribution in [0.2, 0.25) is 0 Å². The molecular weight excluding hydrogens is 234 g/mol. The van der Waals surface area contributed by atoms with Crippen LogP contribution in [0.15, 0.2) is 24.3 Å². The second-order valence-electron chi connectivity index (χ2n) is 5.87. The SMILES string of the molecule is CN1C2CCCC1CC(Nc1ccccc1C#N)C2. The Morgan fingerprint density at radius 3 is 2.58 bits per heavy atom. The molecule has 3 heteroatoms. The molecule has 2 fully saturated rings. The van der Waals surface area contributed by atoms with Gasteiger partial charge in [-0.2, -0.15) is 5.26 Å². The molecule has 1 aromatic rings. The van der Waals surface area contributed by atoms with E-state index < -0.39 is 0 Å². The highest BCUT2D eigenvalue weighted by molar-refractivity contribution is 5.57. The van der Waals surface area contributed by atoms with Crippen LogP contribution >= 0.6 is 0 Å². The summed E-state index contributed by atoms with van der Waals surface area (Å²) in [5.74, 6) is 0. The molecule has 19 heavy (non-hydrogen) atoms. The number of hydrogen-bond donors (Lipinski definition) is 1. The molecule has 2 aliphatic heterocycles. The topological polar surface area (TPSA) is 39.1 Å². The summed E-state index contributed by atoms with van der Waals surface area (Å²) in [4.78, 5) is 2.57. The molecule has 2 unspecified atom stereocenters. The number of fused-ring (bicyclic) bond motifs is 2. The Hall–Kier alpha value is -1.53. The van der Waals surface area contributed by atoms with Crippen LogP contribution in [-0.2, 0) is 0 Å². The molecule has 3 rings (SSSR count). The largest absolute Gasteiger partial charge is 0.381 e. The lowest BCUT2D eigenvalue weighted by Crippen LogP contribution is -2.52. The molecule has 1 aromatic carbocycles. The Labute approximate surface area is 115 Å². The first kappa shape index (κ1) is 12.5. The summed E-state index contributed by atoms with van der Waals surface area (Å²) < 4.78 is 0. The summed E-state index contributed by atoms with van der Waals surface area (Å²) in [7, 11) is 2.27. The predicted molar refractivity (Wildman–Crippen MR) is 77.0 cm³/mol. The van der Waals surface area contributed by atoms with Crippen molar-refractivity contribution < 1.29 is 0 Å². The van der Waals surface area contributed by atoms with Crippen LogP contribution in [0.1, 0.15) is 37.7 Å². The lowest BCUT2D eigenvalue weighted by atomic mass is 9.82. The second kappa shape index (κ2) is 5.22. The maximum Gasteiger partial charge on any atom is 0.101 e. The Balaban J connectivity index is 1.73. The molecule has 0 aliphatic carbocycles. The average molecular weight is 255 g/mol. The number of nitrogens with zero attached hydrogens (tertiary/aromatic N) is 2. The maximum atomic E-state index is 9.15. The van der Waals surface area contributed by atoms with Crippen molar-refractivity contribution >= 4 is 5.69 Å². The van der Waals surface area contributed by atoms with E-state index in [4.69, 9.17) is 5.26 Å². The van der Waals surface area contributed by atoms with E-state index in [1.165, 1.54) is 32.1 Å². The van der Waals surface area contributed by atoms with E-state index in [1.807, 2.05) is 24.3 Å². The van der Waals surface area contributed by atoms with Crippen molar-refractivity contribution in [1.82, 2.24) is 4.90 Å². The molecule has 0 radical (unpaired) electrons. The summed E-state index contributed by atoms with van der Waals surface area (Å²) >= 11 is 0. The van der Waals surface area contributed by atoms with E-state index in [0.29, 0.717) is 6.04 Å². The molecule has 2 atom stereocenters. The van der Waals surface area contributed by atoms with Crippen LogP contribution in [0, 0.1) is 11.3 Å². The number of nitrogens with one attached hydrogen (secondary N) is 1. The molecule has 1 N–H and O–H groups in total. The third-order valence-electron chi connectivity index (χ3n) is 4.75. The van der Waals surface area contributed by atoms with E-state index in [1.54, 1.807) is 0 Å². The van der Waals surface area contributed by atoms with Crippen LogP contribution in [0.5, 0.6) is 0 Å². The second-order valence-corrected chi connectivity index (χ2v) is 5.87. The van der Waals surface area contributed by atoms with Crippen LogP contribution in [0.25, 0.3) is 0 Å². The molecule has 0 spiro atoms. The average Bonchev–Trinajstić information content (AvgIpc) is 2.40. The molecule has 2 saturated heterocycles. The summed E-state index contributed by atoms with van der Waals surface area (Å²) in [6.45, 7) is 0. The van der Waals surface area contributed by atoms with Gasteiger partial charge in [0.2, 0.25) is 0 Å². The van der Waals surface area contributed by atoms with Crippen LogP contribution in [-0.4, -0.2) is 30.1 Å². The van der Waals surface area contributed by atoms with Crippen molar-refractivity contribution in [3.8, 4) is 6.07 Å². The summed E-state index contributed by atoms with van der Waals surface area (Å²) in [6, 6.07) is 12.1. The Kier molecular flexibility index (Phi) is 3.44. The molecule has 100 valence electrons. The Bertz CT molecular complexity index is 477. The fourth-order valence-electron chi connectivity index (χ4n) is 3.66. The van der Waals surface area contributed by atoms with Gasteiger partial charge in [0.05, 0.1) is 11.3 Å². The molecule has 2 heterocycles. The minimum atomic E-state index is 0.515. The lowest BCUT2D eigenvalue weighted by Gasteiger charge is -2.47. The van der Waals surface area contributed by atoms with Gasteiger partial charge in [-0.15, -0.1) is 0 Å². The number of benzene rings is 1. The lowest BCUT2D eigenvalue weighted by molar-refractivity contribution is 0.0608. The number of hydrogen-bond acceptors (Lipinski definition) is 3. The van der Waals surface area contributed by atoms with E-state index in [9.17, 15) is 0 Å². The fraction of sp³-hybridized carbons (Fsp3) is 0.562. The molecule has 0 amide bonds. The zero-order valence-electron chi connectivity index (χ0n) is 11.5. The first-order chi connectivity index (χ1) is 9.28. The Morgan fingerprint density at radius 2 is 1.89 bits per heavy atom. The van der Waals surface area contributed by atoms with Crippen LogP contribution in [0.4, 0.5) is 5.69 Å². The Morgan fingerprint density at radius 1 is 1.21 bits per heavy atom. The quantitative estimate of drug-likeness (QED) is 0.883. The molecule has 0 saturated carbocycles. The van der Waals surface area contributed by atoms with Gasteiger partial charge >= 0.3 is 0 Å². The normalized spacial score (nSPS) is 30.6.